The van der Waals surface area contributed by atoms with E-state index in [0.717, 1.165) is 46.9 Å². The molecule has 1 aromatic carbocycles. The molecule has 8 nitrogen and oxygen atoms in total. The van der Waals surface area contributed by atoms with E-state index in [2.05, 4.69) is 21.6 Å². The molecule has 0 saturated carbocycles. The van der Waals surface area contributed by atoms with E-state index in [-0.39, 0.29) is 11.4 Å². The molecule has 0 aliphatic carbocycles. The maximum Gasteiger partial charge on any atom is 0.283 e. The van der Waals surface area contributed by atoms with Crippen LogP contribution < -0.4 is 9.47 Å². The molecule has 2 aliphatic rings. The Balaban J connectivity index is 1.71. The fraction of sp³-hybridized carbons (Fsp3) is 0.333. The van der Waals surface area contributed by atoms with Crippen molar-refractivity contribution in [2.45, 2.75) is 40.0 Å². The van der Waals surface area contributed by atoms with Gasteiger partial charge in [0.1, 0.15) is 16.5 Å². The molecule has 0 unspecified atom stereocenters. The lowest BCUT2D eigenvalue weighted by molar-refractivity contribution is -0.114. The summed E-state index contributed by atoms with van der Waals surface area (Å²) in [6.45, 7) is 6.08. The van der Waals surface area contributed by atoms with Crippen LogP contribution in [0.2, 0.25) is 0 Å². The predicted octanol–water partition coefficient (Wildman–Crippen LogP) is 4.92. The van der Waals surface area contributed by atoms with Gasteiger partial charge in [0.25, 0.3) is 5.91 Å². The first-order valence-electron chi connectivity index (χ1n) is 10.8. The average Bonchev–Trinajstić information content (AvgIpc) is 3.34. The highest BCUT2D eigenvalue weighted by atomic mass is 32.2. The van der Waals surface area contributed by atoms with Gasteiger partial charge in [-0.1, -0.05) is 13.3 Å². The topological polar surface area (TPSA) is 92.3 Å². The minimum absolute atomic E-state index is 0.0517. The number of hydrogen-bond acceptors (Lipinski definition) is 6. The third kappa shape index (κ3) is 4.20. The number of benzene rings is 1. The highest BCUT2D eigenvalue weighted by Gasteiger charge is 2.35. The van der Waals surface area contributed by atoms with Gasteiger partial charge in [-0.2, -0.15) is 15.1 Å². The molecule has 1 amide bonds. The molecular weight excluding hydrogens is 438 g/mol. The molecule has 1 aromatic heterocycles. The van der Waals surface area contributed by atoms with E-state index < -0.39 is 5.91 Å². The molecule has 0 saturated heterocycles. The van der Waals surface area contributed by atoms with Crippen molar-refractivity contribution in [3.05, 3.63) is 46.8 Å². The number of hydrazone groups is 1. The number of aliphatic imine (C=N–C) groups is 1. The van der Waals surface area contributed by atoms with E-state index in [4.69, 9.17) is 14.9 Å². The third-order valence-corrected chi connectivity index (χ3v) is 6.61. The van der Waals surface area contributed by atoms with E-state index in [1.54, 1.807) is 20.3 Å². The van der Waals surface area contributed by atoms with Crippen LogP contribution in [0.5, 0.6) is 11.5 Å². The predicted molar refractivity (Wildman–Crippen MR) is 133 cm³/mol. The summed E-state index contributed by atoms with van der Waals surface area (Å²) in [4.78, 5) is 17.0. The van der Waals surface area contributed by atoms with E-state index >= 15 is 0 Å². The number of unbranched alkanes of at least 4 members (excludes halogenated alkanes) is 1. The molecule has 0 spiro atoms. The third-order valence-electron chi connectivity index (χ3n) is 5.64. The van der Waals surface area contributed by atoms with Gasteiger partial charge < -0.3 is 14.0 Å². The summed E-state index contributed by atoms with van der Waals surface area (Å²) in [5.74, 6) is 1.01. The van der Waals surface area contributed by atoms with Crippen molar-refractivity contribution in [2.75, 3.05) is 14.2 Å². The van der Waals surface area contributed by atoms with E-state index in [0.29, 0.717) is 16.7 Å². The Bertz CT molecular complexity index is 1220. The van der Waals surface area contributed by atoms with E-state index in [1.165, 1.54) is 16.8 Å². The summed E-state index contributed by atoms with van der Waals surface area (Å²) < 4.78 is 13.0. The van der Waals surface area contributed by atoms with Crippen LogP contribution in [-0.4, -0.2) is 45.7 Å². The zero-order valence-corrected chi connectivity index (χ0v) is 20.2. The number of nitrogens with zero attached hydrogens (tertiary/aromatic N) is 4. The molecule has 3 heterocycles. The largest absolute Gasteiger partial charge is 0.497 e. The van der Waals surface area contributed by atoms with Crippen molar-refractivity contribution in [2.24, 2.45) is 10.1 Å². The number of ether oxygens (including phenoxy) is 2. The lowest BCUT2D eigenvalue weighted by Gasteiger charge is -2.20. The van der Waals surface area contributed by atoms with Crippen LogP contribution in [0.25, 0.3) is 11.8 Å². The molecule has 33 heavy (non-hydrogen) atoms. The van der Waals surface area contributed by atoms with E-state index in [1.807, 2.05) is 38.1 Å². The summed E-state index contributed by atoms with van der Waals surface area (Å²) in [5.41, 5.74) is 3.81. The molecule has 0 radical (unpaired) electrons. The second-order valence-corrected chi connectivity index (χ2v) is 8.86. The molecule has 9 heteroatoms. The number of thioether (sulfide) groups is 1. The van der Waals surface area contributed by atoms with Crippen LogP contribution >= 0.6 is 11.8 Å². The van der Waals surface area contributed by atoms with Crippen LogP contribution in [0.4, 0.5) is 0 Å². The molecule has 0 bridgehead atoms. The molecule has 2 aromatic rings. The smallest absolute Gasteiger partial charge is 0.283 e. The van der Waals surface area contributed by atoms with Crippen LogP contribution in [-0.2, 0) is 4.79 Å². The summed E-state index contributed by atoms with van der Waals surface area (Å²) in [6.07, 6.45) is 4.62. The number of amides is 1. The highest BCUT2D eigenvalue weighted by Crippen LogP contribution is 2.34. The first-order valence-corrected chi connectivity index (χ1v) is 11.6. The Morgan fingerprint density at radius 1 is 1.18 bits per heavy atom. The summed E-state index contributed by atoms with van der Waals surface area (Å²) in [6, 6.07) is 7.64. The Labute approximate surface area is 197 Å². The van der Waals surface area contributed by atoms with Crippen LogP contribution in [0.1, 0.15) is 43.1 Å². The Hall–Kier alpha value is -3.33. The van der Waals surface area contributed by atoms with Gasteiger partial charge in [-0.05, 0) is 68.3 Å². The van der Waals surface area contributed by atoms with Gasteiger partial charge >= 0.3 is 0 Å². The Morgan fingerprint density at radius 2 is 1.97 bits per heavy atom. The molecule has 2 aliphatic heterocycles. The van der Waals surface area contributed by atoms with Gasteiger partial charge in [-0.3, -0.25) is 10.2 Å². The number of nitrogens with one attached hydrogen (secondary N) is 1. The first-order chi connectivity index (χ1) is 15.9. The van der Waals surface area contributed by atoms with Crippen molar-refractivity contribution in [1.82, 2.24) is 9.58 Å². The summed E-state index contributed by atoms with van der Waals surface area (Å²) >= 11 is 1.37. The maximum absolute atomic E-state index is 12.8. The lowest BCUT2D eigenvalue weighted by Crippen LogP contribution is -2.35. The van der Waals surface area contributed by atoms with Crippen molar-refractivity contribution in [3.8, 4) is 17.2 Å². The van der Waals surface area contributed by atoms with Gasteiger partial charge in [-0.25, -0.2) is 0 Å². The van der Waals surface area contributed by atoms with Crippen LogP contribution in [0, 0.1) is 19.3 Å². The number of rotatable bonds is 7. The molecule has 0 fully saturated rings. The maximum atomic E-state index is 12.8. The molecule has 0 atom stereocenters. The van der Waals surface area contributed by atoms with Crippen molar-refractivity contribution >= 4 is 39.8 Å². The molecule has 1 N–H and O–H groups in total. The van der Waals surface area contributed by atoms with Gasteiger partial charge in [0, 0.05) is 17.5 Å². The number of carbonyl (C=O) groups excluding carboxylic acids is 1. The quantitative estimate of drug-likeness (QED) is 0.586. The minimum Gasteiger partial charge on any atom is -0.497 e. The normalized spacial score (nSPS) is 16.8. The van der Waals surface area contributed by atoms with Gasteiger partial charge in [0.05, 0.1) is 25.5 Å². The van der Waals surface area contributed by atoms with Crippen LogP contribution in [0.3, 0.4) is 0 Å². The average molecular weight is 466 g/mol. The van der Waals surface area contributed by atoms with Gasteiger partial charge in [0.15, 0.2) is 5.84 Å². The monoisotopic (exact) mass is 465 g/mol. The SMILES string of the molecule is CCCCC1=NN2C(=N)/C(=C/c3cc(C)n(-c4ccc(OC)cc4OC)c3C)C(=O)N=C2S1. The number of aryl methyl sites for hydroxylation is 1. The Morgan fingerprint density at radius 3 is 2.67 bits per heavy atom. The second-order valence-electron chi connectivity index (χ2n) is 7.82. The molecule has 4 rings (SSSR count). The van der Waals surface area contributed by atoms with Crippen molar-refractivity contribution in [1.29, 1.82) is 5.41 Å². The highest BCUT2D eigenvalue weighted by molar-refractivity contribution is 8.26. The van der Waals surface area contributed by atoms with E-state index in [9.17, 15) is 4.79 Å². The molecular formula is C24H27N5O3S. The second kappa shape index (κ2) is 9.27. The number of hydrogen-bond donors (Lipinski definition) is 1. The van der Waals surface area contributed by atoms with Gasteiger partial charge in [0.2, 0.25) is 5.17 Å². The first kappa shape index (κ1) is 22.8. The molecule has 172 valence electrons. The van der Waals surface area contributed by atoms with Crippen molar-refractivity contribution in [3.63, 3.8) is 0 Å². The zero-order valence-electron chi connectivity index (χ0n) is 19.4. The lowest BCUT2D eigenvalue weighted by atomic mass is 10.1. The van der Waals surface area contributed by atoms with Crippen LogP contribution in [0.15, 0.2) is 39.9 Å². The number of carbonyl (C=O) groups is 1. The summed E-state index contributed by atoms with van der Waals surface area (Å²) in [5, 5.41) is 16.0. The van der Waals surface area contributed by atoms with Crippen molar-refractivity contribution < 1.29 is 14.3 Å². The number of aromatic nitrogens is 1. The number of methoxy groups -OCH3 is 2. The standard InChI is InChI=1S/C24H27N5O3S/c1-6-7-8-21-27-29-22(25)18(23(30)26-24(29)33-21)12-16-11-14(2)28(15(16)3)19-10-9-17(31-4)13-20(19)32-5/h9-13,25H,6-8H2,1-5H3/b18-12-,25-22?. The number of fused-ring (bicyclic) bond motifs is 1. The zero-order chi connectivity index (χ0) is 23.7. The van der Waals surface area contributed by atoms with Gasteiger partial charge in [-0.15, -0.1) is 0 Å². The fourth-order valence-corrected chi connectivity index (χ4v) is 4.82. The number of amidine groups is 2. The minimum atomic E-state index is -0.419. The summed E-state index contributed by atoms with van der Waals surface area (Å²) in [7, 11) is 3.24. The Kier molecular flexibility index (Phi) is 6.42. The fourth-order valence-electron chi connectivity index (χ4n) is 3.89.